The van der Waals surface area contributed by atoms with E-state index in [0.29, 0.717) is 13.1 Å². The minimum atomic E-state index is -0.0383. The number of benzene rings is 2. The highest BCUT2D eigenvalue weighted by Crippen LogP contribution is 2.25. The molecule has 1 N–H and O–H groups in total. The van der Waals surface area contributed by atoms with Crippen molar-refractivity contribution in [2.24, 2.45) is 0 Å². The molecule has 0 fully saturated rings. The maximum Gasteiger partial charge on any atom is 0.238 e. The number of aryl methyl sites for hydroxylation is 1. The first kappa shape index (κ1) is 18.8. The highest BCUT2D eigenvalue weighted by atomic mass is 16.5. The molecule has 0 saturated heterocycles. The maximum atomic E-state index is 12.3. The molecule has 25 heavy (non-hydrogen) atoms. The van der Waals surface area contributed by atoms with Crippen molar-refractivity contribution in [3.8, 4) is 11.5 Å². The second-order valence-electron chi connectivity index (χ2n) is 6.15. The zero-order valence-electron chi connectivity index (χ0n) is 15.6. The number of ether oxygens (including phenoxy) is 2. The summed E-state index contributed by atoms with van der Waals surface area (Å²) in [7, 11) is 5.16. The van der Waals surface area contributed by atoms with Crippen LogP contribution < -0.4 is 14.8 Å². The zero-order chi connectivity index (χ0) is 18.4. The molecule has 0 aliphatic carbocycles. The Balaban J connectivity index is 1.99. The largest absolute Gasteiger partial charge is 0.497 e. The molecule has 0 aliphatic heterocycles. The molecule has 2 aromatic rings. The highest BCUT2D eigenvalue weighted by Gasteiger charge is 2.12. The number of nitrogens with one attached hydrogen (secondary N) is 1. The fourth-order valence-electron chi connectivity index (χ4n) is 2.65. The lowest BCUT2D eigenvalue weighted by Gasteiger charge is -2.19. The van der Waals surface area contributed by atoms with E-state index in [0.717, 1.165) is 33.9 Å². The van der Waals surface area contributed by atoms with Gasteiger partial charge < -0.3 is 14.8 Å². The Morgan fingerprint density at radius 2 is 1.88 bits per heavy atom. The molecule has 0 unspecified atom stereocenters. The minimum Gasteiger partial charge on any atom is -0.497 e. The third-order valence-electron chi connectivity index (χ3n) is 4.23. The van der Waals surface area contributed by atoms with Gasteiger partial charge in [0.05, 0.1) is 20.8 Å². The first-order chi connectivity index (χ1) is 11.9. The number of amides is 1. The molecule has 0 atom stereocenters. The lowest BCUT2D eigenvalue weighted by molar-refractivity contribution is -0.117. The van der Waals surface area contributed by atoms with Gasteiger partial charge in [0, 0.05) is 23.9 Å². The Kier molecular flexibility index (Phi) is 6.42. The molecule has 2 rings (SSSR count). The first-order valence-corrected chi connectivity index (χ1v) is 8.20. The SMILES string of the molecule is COc1ccc(CN(C)CC(=O)Nc2cccc(C)c2C)c(OC)c1. The van der Waals surface area contributed by atoms with E-state index in [1.54, 1.807) is 14.2 Å². The molecule has 0 aliphatic rings. The number of rotatable bonds is 7. The number of methoxy groups -OCH3 is 2. The van der Waals surface area contributed by atoms with Crippen LogP contribution in [0, 0.1) is 13.8 Å². The molecule has 1 amide bonds. The Labute approximate surface area is 149 Å². The number of carbonyl (C=O) groups excluding carboxylic acids is 1. The fraction of sp³-hybridized carbons (Fsp3) is 0.350. The molecule has 134 valence electrons. The molecule has 0 radical (unpaired) electrons. The third kappa shape index (κ3) is 4.97. The molecule has 2 aromatic carbocycles. The number of anilines is 1. The number of likely N-dealkylation sites (N-methyl/N-ethyl adjacent to an activating group) is 1. The molecule has 5 nitrogen and oxygen atoms in total. The quantitative estimate of drug-likeness (QED) is 0.838. The monoisotopic (exact) mass is 342 g/mol. The molecule has 5 heteroatoms. The smallest absolute Gasteiger partial charge is 0.238 e. The van der Waals surface area contributed by atoms with Gasteiger partial charge in [0.2, 0.25) is 5.91 Å². The standard InChI is InChI=1S/C20H26N2O3/c1-14-7-6-8-18(15(14)2)21-20(23)13-22(3)12-16-9-10-17(24-4)11-19(16)25-5/h6-11H,12-13H2,1-5H3,(H,21,23). The van der Waals surface area contributed by atoms with Crippen LogP contribution in [0.5, 0.6) is 11.5 Å². The van der Waals surface area contributed by atoms with E-state index in [2.05, 4.69) is 5.32 Å². The molecule has 0 saturated carbocycles. The molecular formula is C20H26N2O3. The van der Waals surface area contributed by atoms with Crippen molar-refractivity contribution in [2.75, 3.05) is 33.1 Å². The summed E-state index contributed by atoms with van der Waals surface area (Å²) in [4.78, 5) is 14.3. The molecule has 0 bridgehead atoms. The van der Waals surface area contributed by atoms with E-state index in [4.69, 9.17) is 9.47 Å². The van der Waals surface area contributed by atoms with Crippen molar-refractivity contribution >= 4 is 11.6 Å². The predicted octanol–water partition coefficient (Wildman–Crippen LogP) is 3.39. The van der Waals surface area contributed by atoms with Crippen LogP contribution in [0.2, 0.25) is 0 Å². The Morgan fingerprint density at radius 3 is 2.56 bits per heavy atom. The Bertz CT molecular complexity index is 744. The van der Waals surface area contributed by atoms with Gasteiger partial charge in [-0.25, -0.2) is 0 Å². The lowest BCUT2D eigenvalue weighted by atomic mass is 10.1. The number of hydrogen-bond acceptors (Lipinski definition) is 4. The van der Waals surface area contributed by atoms with Crippen LogP contribution in [0.4, 0.5) is 5.69 Å². The fourth-order valence-corrected chi connectivity index (χ4v) is 2.65. The Morgan fingerprint density at radius 1 is 1.12 bits per heavy atom. The van der Waals surface area contributed by atoms with Gasteiger partial charge in [-0.15, -0.1) is 0 Å². The highest BCUT2D eigenvalue weighted by molar-refractivity contribution is 5.93. The van der Waals surface area contributed by atoms with Gasteiger partial charge in [-0.3, -0.25) is 9.69 Å². The van der Waals surface area contributed by atoms with Crippen molar-refractivity contribution in [1.82, 2.24) is 4.90 Å². The lowest BCUT2D eigenvalue weighted by Crippen LogP contribution is -2.30. The van der Waals surface area contributed by atoms with E-state index in [1.165, 1.54) is 0 Å². The van der Waals surface area contributed by atoms with Gasteiger partial charge in [0.1, 0.15) is 11.5 Å². The van der Waals surface area contributed by atoms with Crippen molar-refractivity contribution in [3.05, 3.63) is 53.1 Å². The van der Waals surface area contributed by atoms with Crippen LogP contribution >= 0.6 is 0 Å². The molecule has 0 spiro atoms. The van der Waals surface area contributed by atoms with Crippen LogP contribution in [-0.4, -0.2) is 38.6 Å². The summed E-state index contributed by atoms with van der Waals surface area (Å²) in [6, 6.07) is 11.6. The van der Waals surface area contributed by atoms with Gasteiger partial charge in [0.25, 0.3) is 0 Å². The van der Waals surface area contributed by atoms with Crippen LogP contribution in [0.15, 0.2) is 36.4 Å². The molecular weight excluding hydrogens is 316 g/mol. The summed E-state index contributed by atoms with van der Waals surface area (Å²) in [6.45, 7) is 4.94. The number of carbonyl (C=O) groups is 1. The van der Waals surface area contributed by atoms with E-state index in [9.17, 15) is 4.79 Å². The normalized spacial score (nSPS) is 10.6. The van der Waals surface area contributed by atoms with Crippen LogP contribution in [0.1, 0.15) is 16.7 Å². The van der Waals surface area contributed by atoms with Crippen LogP contribution in [0.25, 0.3) is 0 Å². The number of hydrogen-bond donors (Lipinski definition) is 1. The topological polar surface area (TPSA) is 50.8 Å². The van der Waals surface area contributed by atoms with Crippen molar-refractivity contribution in [1.29, 1.82) is 0 Å². The summed E-state index contributed by atoms with van der Waals surface area (Å²) < 4.78 is 10.6. The summed E-state index contributed by atoms with van der Waals surface area (Å²) in [5.41, 5.74) is 4.12. The third-order valence-corrected chi connectivity index (χ3v) is 4.23. The maximum absolute atomic E-state index is 12.3. The van der Waals surface area contributed by atoms with Gasteiger partial charge >= 0.3 is 0 Å². The zero-order valence-corrected chi connectivity index (χ0v) is 15.6. The Hall–Kier alpha value is -2.53. The van der Waals surface area contributed by atoms with E-state index in [1.807, 2.05) is 62.2 Å². The van der Waals surface area contributed by atoms with Crippen molar-refractivity contribution in [3.63, 3.8) is 0 Å². The minimum absolute atomic E-state index is 0.0383. The van der Waals surface area contributed by atoms with Crippen LogP contribution in [-0.2, 0) is 11.3 Å². The summed E-state index contributed by atoms with van der Waals surface area (Å²) >= 11 is 0. The van der Waals surface area contributed by atoms with Gasteiger partial charge in [-0.05, 0) is 44.2 Å². The predicted molar refractivity (Wildman–Crippen MR) is 100 cm³/mol. The average Bonchev–Trinajstić information content (AvgIpc) is 2.59. The van der Waals surface area contributed by atoms with Crippen molar-refractivity contribution in [2.45, 2.75) is 20.4 Å². The molecule has 0 heterocycles. The number of nitrogens with zero attached hydrogens (tertiary/aromatic N) is 1. The second kappa shape index (κ2) is 8.53. The van der Waals surface area contributed by atoms with Gasteiger partial charge in [0.15, 0.2) is 0 Å². The summed E-state index contributed by atoms with van der Waals surface area (Å²) in [5, 5.41) is 2.98. The summed E-state index contributed by atoms with van der Waals surface area (Å²) in [5.74, 6) is 1.46. The van der Waals surface area contributed by atoms with E-state index in [-0.39, 0.29) is 5.91 Å². The van der Waals surface area contributed by atoms with Crippen molar-refractivity contribution < 1.29 is 14.3 Å². The average molecular weight is 342 g/mol. The summed E-state index contributed by atoms with van der Waals surface area (Å²) in [6.07, 6.45) is 0. The van der Waals surface area contributed by atoms with E-state index >= 15 is 0 Å². The van der Waals surface area contributed by atoms with E-state index < -0.39 is 0 Å². The second-order valence-corrected chi connectivity index (χ2v) is 6.15. The van der Waals surface area contributed by atoms with Crippen LogP contribution in [0.3, 0.4) is 0 Å². The van der Waals surface area contributed by atoms with Gasteiger partial charge in [-0.1, -0.05) is 18.2 Å². The first-order valence-electron chi connectivity index (χ1n) is 8.20. The van der Waals surface area contributed by atoms with Gasteiger partial charge in [-0.2, -0.15) is 0 Å². The molecule has 0 aromatic heterocycles.